The Morgan fingerprint density at radius 1 is 0.576 bits per heavy atom. The molecule has 0 bridgehead atoms. The van der Waals surface area contributed by atoms with Crippen molar-refractivity contribution in [2.24, 2.45) is 0 Å². The maximum absolute atomic E-state index is 13.3. The molecule has 0 aliphatic heterocycles. The molecule has 10 nitrogen and oxygen atoms in total. The predicted molar refractivity (Wildman–Crippen MR) is 114 cm³/mol. The van der Waals surface area contributed by atoms with E-state index in [1.54, 1.807) is 20.8 Å². The van der Waals surface area contributed by atoms with Gasteiger partial charge >= 0.3 is 199 Å². The van der Waals surface area contributed by atoms with Crippen molar-refractivity contribution in [1.29, 1.82) is 0 Å². The van der Waals surface area contributed by atoms with Crippen molar-refractivity contribution in [3.63, 3.8) is 0 Å². The van der Waals surface area contributed by atoms with Crippen LogP contribution in [0.3, 0.4) is 0 Å². The molecule has 0 saturated carbocycles. The van der Waals surface area contributed by atoms with Gasteiger partial charge in [-0.2, -0.15) is 0 Å². The standard InChI is InChI=1S/3C6H9O3.C4H9O.Ti/c3*1-2-9-5-6(8)3-4-7;1-2-3-4-5;/h3*2-3,5H2,1H3;2-4H2,1H3;/q;;;-1;+1. The molecule has 0 unspecified atom stereocenters. The average Bonchev–Trinajstić information content (AvgIpc) is 2.77. The number of Topliss-reactive ketones (excluding diaryl/α,β-unsaturated/α-hetero) is 3. The van der Waals surface area contributed by atoms with E-state index in [0.29, 0.717) is 12.8 Å². The fourth-order valence-corrected chi connectivity index (χ4v) is 7.79. The SMILES string of the molecule is CCCC[O][Ti]([C](=O)CC(=O)COCC)([C](=O)CC(=O)COCC)[C](=O)CC(=O)COCC. The van der Waals surface area contributed by atoms with Crippen molar-refractivity contribution >= 4 is 29.6 Å². The molecule has 0 atom stereocenters. The molecule has 0 aromatic heterocycles. The van der Waals surface area contributed by atoms with Gasteiger partial charge in [0.05, 0.1) is 0 Å². The average molecular weight is 508 g/mol. The van der Waals surface area contributed by atoms with E-state index in [4.69, 9.17) is 17.5 Å². The van der Waals surface area contributed by atoms with Crippen LogP contribution in [-0.2, 0) is 63.3 Å². The Labute approximate surface area is 198 Å². The minimum atomic E-state index is -5.38. The summed E-state index contributed by atoms with van der Waals surface area (Å²) in [4.78, 5) is 76.4. The second kappa shape index (κ2) is 18.0. The first-order valence-corrected chi connectivity index (χ1v) is 14.2. The Bertz CT molecular complexity index is 605. The van der Waals surface area contributed by atoms with Gasteiger partial charge in [-0.3, -0.25) is 0 Å². The molecule has 0 aliphatic carbocycles. The summed E-state index contributed by atoms with van der Waals surface area (Å²) < 4.78 is 18.0. The van der Waals surface area contributed by atoms with Crippen LogP contribution in [0.5, 0.6) is 0 Å². The van der Waals surface area contributed by atoms with E-state index < -0.39 is 65.9 Å². The zero-order chi connectivity index (χ0) is 25.3. The predicted octanol–water partition coefficient (Wildman–Crippen LogP) is 1.44. The number of ketones is 3. The molecule has 0 rings (SSSR count). The zero-order valence-electron chi connectivity index (χ0n) is 20.1. The van der Waals surface area contributed by atoms with Crippen molar-refractivity contribution in [3.05, 3.63) is 0 Å². The molecule has 0 aliphatic rings. The summed E-state index contributed by atoms with van der Waals surface area (Å²) in [5.74, 6) is -1.84. The van der Waals surface area contributed by atoms with Crippen LogP contribution in [0.4, 0.5) is 0 Å². The fraction of sp³-hybridized carbons (Fsp3) is 0.727. The Kier molecular flexibility index (Phi) is 17.2. The van der Waals surface area contributed by atoms with Crippen molar-refractivity contribution < 1.29 is 63.3 Å². The Hall–Kier alpha value is -1.43. The molecular weight excluding hydrogens is 472 g/mol. The van der Waals surface area contributed by atoms with Crippen LogP contribution in [0.2, 0.25) is 0 Å². The van der Waals surface area contributed by atoms with Crippen LogP contribution < -0.4 is 0 Å². The molecule has 0 aromatic carbocycles. The van der Waals surface area contributed by atoms with Crippen LogP contribution in [0, 0.1) is 0 Å². The van der Waals surface area contributed by atoms with Crippen LogP contribution in [0.15, 0.2) is 0 Å². The van der Waals surface area contributed by atoms with E-state index in [1.165, 1.54) is 0 Å². The quantitative estimate of drug-likeness (QED) is 0.120. The number of rotatable bonds is 22. The van der Waals surface area contributed by atoms with Crippen molar-refractivity contribution in [2.75, 3.05) is 46.2 Å². The molecule has 0 heterocycles. The van der Waals surface area contributed by atoms with Crippen molar-refractivity contribution in [1.82, 2.24) is 0 Å². The summed E-state index contributed by atoms with van der Waals surface area (Å²) in [6.45, 7) is 6.47. The van der Waals surface area contributed by atoms with Gasteiger partial charge in [0.1, 0.15) is 0 Å². The van der Waals surface area contributed by atoms with Gasteiger partial charge in [0.15, 0.2) is 0 Å². The monoisotopic (exact) mass is 508 g/mol. The van der Waals surface area contributed by atoms with E-state index >= 15 is 0 Å². The number of ether oxygens (including phenoxy) is 3. The molecule has 33 heavy (non-hydrogen) atoms. The van der Waals surface area contributed by atoms with Crippen LogP contribution in [0.25, 0.3) is 0 Å². The minimum absolute atomic E-state index is 0.0708. The Balaban J connectivity index is 6.05. The Morgan fingerprint density at radius 2 is 0.909 bits per heavy atom. The molecular formula is C22H36O10Ti. The molecule has 188 valence electrons. The van der Waals surface area contributed by atoms with Crippen molar-refractivity contribution in [2.45, 2.75) is 59.8 Å². The molecule has 0 amide bonds. The zero-order valence-corrected chi connectivity index (χ0v) is 21.6. The van der Waals surface area contributed by atoms with Gasteiger partial charge in [-0.05, 0) is 0 Å². The molecule has 0 N–H and O–H groups in total. The summed E-state index contributed by atoms with van der Waals surface area (Å²) in [7, 11) is 0. The number of unbranched alkanes of at least 4 members (excludes halogenated alkanes) is 1. The summed E-state index contributed by atoms with van der Waals surface area (Å²) in [6, 6.07) is 0. The van der Waals surface area contributed by atoms with E-state index in [-0.39, 0.29) is 46.2 Å². The van der Waals surface area contributed by atoms with Crippen LogP contribution >= 0.6 is 0 Å². The van der Waals surface area contributed by atoms with E-state index in [1.807, 2.05) is 6.92 Å². The van der Waals surface area contributed by atoms with Crippen LogP contribution in [0.1, 0.15) is 59.8 Å². The molecule has 0 aromatic rings. The van der Waals surface area contributed by atoms with Gasteiger partial charge in [0.25, 0.3) is 0 Å². The first-order chi connectivity index (χ1) is 15.7. The van der Waals surface area contributed by atoms with Gasteiger partial charge in [0.2, 0.25) is 0 Å². The molecule has 0 radical (unpaired) electrons. The van der Waals surface area contributed by atoms with Gasteiger partial charge < -0.3 is 0 Å². The number of carbonyl (C=O) groups excluding carboxylic acids is 6. The maximum atomic E-state index is 13.3. The first-order valence-electron chi connectivity index (χ1n) is 11.2. The van der Waals surface area contributed by atoms with Gasteiger partial charge in [-0.15, -0.1) is 0 Å². The van der Waals surface area contributed by atoms with Gasteiger partial charge in [0, 0.05) is 0 Å². The summed E-state index contributed by atoms with van der Waals surface area (Å²) in [5, 5.41) is 0. The van der Waals surface area contributed by atoms with Crippen molar-refractivity contribution in [3.8, 4) is 0 Å². The summed E-state index contributed by atoms with van der Waals surface area (Å²) in [6.07, 6.45) is -1.09. The molecule has 0 fully saturated rings. The fourth-order valence-electron chi connectivity index (χ4n) is 2.79. The first kappa shape index (κ1) is 31.6. The van der Waals surface area contributed by atoms with Crippen LogP contribution in [-0.4, -0.2) is 75.9 Å². The van der Waals surface area contributed by atoms with Gasteiger partial charge in [-0.1, -0.05) is 0 Å². The number of hydrogen-bond donors (Lipinski definition) is 0. The molecule has 0 spiro atoms. The number of hydrogen-bond acceptors (Lipinski definition) is 10. The van der Waals surface area contributed by atoms with Gasteiger partial charge in [-0.25, -0.2) is 0 Å². The summed E-state index contributed by atoms with van der Waals surface area (Å²) >= 11 is -5.38. The molecule has 11 heteroatoms. The number of carbonyl (C=O) groups is 6. The van der Waals surface area contributed by atoms with E-state index in [9.17, 15) is 28.8 Å². The third-order valence-electron chi connectivity index (χ3n) is 4.47. The summed E-state index contributed by atoms with van der Waals surface area (Å²) in [5.41, 5.74) is 0. The normalized spacial score (nSPS) is 11.3. The topological polar surface area (TPSA) is 139 Å². The Morgan fingerprint density at radius 3 is 1.18 bits per heavy atom. The third-order valence-corrected chi connectivity index (χ3v) is 9.97. The second-order valence-electron chi connectivity index (χ2n) is 7.21. The second-order valence-corrected chi connectivity index (χ2v) is 12.4. The third kappa shape index (κ3) is 11.5. The van der Waals surface area contributed by atoms with E-state index in [2.05, 4.69) is 0 Å². The van der Waals surface area contributed by atoms with E-state index in [0.717, 1.165) is 0 Å². The molecule has 0 saturated heterocycles.